The lowest BCUT2D eigenvalue weighted by Gasteiger charge is -2.31. The van der Waals surface area contributed by atoms with E-state index in [1.165, 1.54) is 30.5 Å². The summed E-state index contributed by atoms with van der Waals surface area (Å²) in [5.74, 6) is -0.942. The van der Waals surface area contributed by atoms with Gasteiger partial charge in [-0.05, 0) is 49.3 Å². The summed E-state index contributed by atoms with van der Waals surface area (Å²) in [6.07, 6.45) is 5.19. The third-order valence-electron chi connectivity index (χ3n) is 3.99. The van der Waals surface area contributed by atoms with Gasteiger partial charge < -0.3 is 15.7 Å². The average molecular weight is 276 g/mol. The minimum atomic E-state index is -0.942. The third kappa shape index (κ3) is 3.51. The van der Waals surface area contributed by atoms with Gasteiger partial charge in [-0.15, -0.1) is 0 Å². The number of piperidine rings is 1. The van der Waals surface area contributed by atoms with Gasteiger partial charge in [-0.25, -0.2) is 0 Å². The molecule has 110 valence electrons. The van der Waals surface area contributed by atoms with E-state index >= 15 is 0 Å². The van der Waals surface area contributed by atoms with Crippen LogP contribution in [0.25, 0.3) is 0 Å². The number of aryl methyl sites for hydroxylation is 1. The van der Waals surface area contributed by atoms with E-state index in [0.717, 1.165) is 25.1 Å². The maximum atomic E-state index is 10.8. The highest BCUT2D eigenvalue weighted by Crippen LogP contribution is 2.26. The summed E-state index contributed by atoms with van der Waals surface area (Å²) in [6, 6.07) is 5.45. The van der Waals surface area contributed by atoms with Crippen LogP contribution in [0.5, 0.6) is 0 Å². The van der Waals surface area contributed by atoms with E-state index < -0.39 is 12.0 Å². The minimum Gasteiger partial charge on any atom is -0.480 e. The van der Waals surface area contributed by atoms with Crippen molar-refractivity contribution in [1.82, 2.24) is 0 Å². The van der Waals surface area contributed by atoms with Crippen LogP contribution < -0.4 is 10.6 Å². The van der Waals surface area contributed by atoms with Crippen LogP contribution in [0.3, 0.4) is 0 Å². The molecule has 0 spiro atoms. The Morgan fingerprint density at radius 2 is 2.05 bits per heavy atom. The number of rotatable bonds is 5. The Balaban J connectivity index is 2.16. The Kier molecular flexibility index (Phi) is 5.01. The van der Waals surface area contributed by atoms with Crippen molar-refractivity contribution in [3.8, 4) is 0 Å². The summed E-state index contributed by atoms with van der Waals surface area (Å²) in [5.41, 5.74) is 9.22. The van der Waals surface area contributed by atoms with Crippen LogP contribution >= 0.6 is 0 Å². The van der Waals surface area contributed by atoms with Crippen molar-refractivity contribution in [3.63, 3.8) is 0 Å². The molecular formula is C16H24N2O2. The average Bonchev–Trinajstić information content (AvgIpc) is 2.47. The third-order valence-corrected chi connectivity index (χ3v) is 3.99. The van der Waals surface area contributed by atoms with E-state index in [1.807, 2.05) is 6.07 Å². The van der Waals surface area contributed by atoms with Crippen molar-refractivity contribution in [1.29, 1.82) is 0 Å². The molecule has 1 fully saturated rings. The molecule has 1 aromatic rings. The lowest BCUT2D eigenvalue weighted by atomic mass is 9.99. The molecule has 3 N–H and O–H groups in total. The van der Waals surface area contributed by atoms with Crippen LogP contribution in [-0.4, -0.2) is 30.2 Å². The van der Waals surface area contributed by atoms with E-state index in [4.69, 9.17) is 10.8 Å². The maximum Gasteiger partial charge on any atom is 0.320 e. The predicted molar refractivity (Wildman–Crippen MR) is 81.2 cm³/mol. The van der Waals surface area contributed by atoms with Crippen molar-refractivity contribution in [3.05, 3.63) is 29.3 Å². The van der Waals surface area contributed by atoms with Crippen molar-refractivity contribution >= 4 is 11.7 Å². The number of anilines is 1. The summed E-state index contributed by atoms with van der Waals surface area (Å²) in [6.45, 7) is 4.39. The molecule has 1 aromatic carbocycles. The van der Waals surface area contributed by atoms with E-state index in [9.17, 15) is 4.79 Å². The van der Waals surface area contributed by atoms with Crippen molar-refractivity contribution < 1.29 is 9.90 Å². The van der Waals surface area contributed by atoms with Crippen LogP contribution in [0.2, 0.25) is 0 Å². The molecule has 0 bridgehead atoms. The highest BCUT2D eigenvalue weighted by atomic mass is 16.4. The topological polar surface area (TPSA) is 66.6 Å². The molecule has 0 saturated carbocycles. The van der Waals surface area contributed by atoms with Gasteiger partial charge in [0.05, 0.1) is 0 Å². The molecule has 0 radical (unpaired) electrons. The van der Waals surface area contributed by atoms with Crippen molar-refractivity contribution in [2.24, 2.45) is 5.73 Å². The number of hydrogen-bond donors (Lipinski definition) is 2. The highest BCUT2D eigenvalue weighted by Gasteiger charge is 2.16. The molecule has 4 heteroatoms. The summed E-state index contributed by atoms with van der Waals surface area (Å²) in [7, 11) is 0. The number of benzene rings is 1. The van der Waals surface area contributed by atoms with E-state index in [2.05, 4.69) is 24.0 Å². The largest absolute Gasteiger partial charge is 0.480 e. The Labute approximate surface area is 120 Å². The fourth-order valence-corrected chi connectivity index (χ4v) is 2.83. The first kappa shape index (κ1) is 14.9. The van der Waals surface area contributed by atoms with Crippen LogP contribution in [0.15, 0.2) is 18.2 Å². The summed E-state index contributed by atoms with van der Waals surface area (Å²) in [4.78, 5) is 13.3. The molecule has 1 atom stereocenters. The molecule has 20 heavy (non-hydrogen) atoms. The van der Waals surface area contributed by atoms with Gasteiger partial charge in [-0.2, -0.15) is 0 Å². The van der Waals surface area contributed by atoms with Gasteiger partial charge in [-0.1, -0.05) is 19.1 Å². The second-order valence-corrected chi connectivity index (χ2v) is 5.51. The number of hydrogen-bond acceptors (Lipinski definition) is 3. The first-order valence-electron chi connectivity index (χ1n) is 7.47. The monoisotopic (exact) mass is 276 g/mol. The zero-order chi connectivity index (χ0) is 14.5. The molecule has 1 aliphatic heterocycles. The number of carboxylic acid groups (broad SMARTS) is 1. The Hall–Kier alpha value is -1.55. The minimum absolute atomic E-state index is 0.391. The second-order valence-electron chi connectivity index (χ2n) is 5.51. The van der Waals surface area contributed by atoms with Gasteiger partial charge in [0.1, 0.15) is 6.04 Å². The highest BCUT2D eigenvalue weighted by molar-refractivity contribution is 5.73. The van der Waals surface area contributed by atoms with E-state index in [-0.39, 0.29) is 0 Å². The lowest BCUT2D eigenvalue weighted by Crippen LogP contribution is -2.32. The van der Waals surface area contributed by atoms with Gasteiger partial charge in [0.15, 0.2) is 0 Å². The zero-order valence-electron chi connectivity index (χ0n) is 12.1. The predicted octanol–water partition coefficient (Wildman–Crippen LogP) is 2.19. The second kappa shape index (κ2) is 6.75. The summed E-state index contributed by atoms with van der Waals surface area (Å²) in [5, 5.41) is 8.90. The first-order chi connectivity index (χ1) is 9.61. The summed E-state index contributed by atoms with van der Waals surface area (Å²) >= 11 is 0. The fraction of sp³-hybridized carbons (Fsp3) is 0.562. The molecule has 1 heterocycles. The van der Waals surface area contributed by atoms with Crippen LogP contribution in [0.4, 0.5) is 5.69 Å². The molecule has 0 amide bonds. The van der Waals surface area contributed by atoms with Crippen LogP contribution in [-0.2, 0) is 17.6 Å². The molecule has 2 rings (SSSR count). The van der Waals surface area contributed by atoms with Gasteiger partial charge in [0.25, 0.3) is 0 Å². The molecule has 0 aliphatic carbocycles. The normalized spacial score (nSPS) is 17.0. The smallest absolute Gasteiger partial charge is 0.320 e. The van der Waals surface area contributed by atoms with Gasteiger partial charge >= 0.3 is 5.97 Å². The maximum absolute atomic E-state index is 10.8. The van der Waals surface area contributed by atoms with Gasteiger partial charge in [0, 0.05) is 18.8 Å². The van der Waals surface area contributed by atoms with E-state index in [1.54, 1.807) is 0 Å². The number of aliphatic carboxylic acids is 1. The van der Waals surface area contributed by atoms with Gasteiger partial charge in [0.2, 0.25) is 0 Å². The Morgan fingerprint density at radius 1 is 1.35 bits per heavy atom. The zero-order valence-corrected chi connectivity index (χ0v) is 12.1. The van der Waals surface area contributed by atoms with Gasteiger partial charge in [-0.3, -0.25) is 4.79 Å². The molecule has 4 nitrogen and oxygen atoms in total. The fourth-order valence-electron chi connectivity index (χ4n) is 2.83. The number of nitrogens with two attached hydrogens (primary N) is 1. The lowest BCUT2D eigenvalue weighted by molar-refractivity contribution is -0.138. The number of carbonyl (C=O) groups is 1. The summed E-state index contributed by atoms with van der Waals surface area (Å²) < 4.78 is 0. The standard InChI is InChI=1S/C16H24N2O2/c1-2-13-10-12(11-14(17)16(19)20)6-7-15(13)18-8-4-3-5-9-18/h6-7,10,14H,2-5,8-9,11,17H2,1H3,(H,19,20). The van der Waals surface area contributed by atoms with E-state index in [0.29, 0.717) is 6.42 Å². The number of nitrogens with zero attached hydrogens (tertiary/aromatic N) is 1. The molecule has 0 aromatic heterocycles. The van der Waals surface area contributed by atoms with Crippen LogP contribution in [0, 0.1) is 0 Å². The molecule has 1 aliphatic rings. The van der Waals surface area contributed by atoms with Crippen LogP contribution in [0.1, 0.15) is 37.3 Å². The number of carboxylic acids is 1. The Morgan fingerprint density at radius 3 is 2.65 bits per heavy atom. The SMILES string of the molecule is CCc1cc(CC(N)C(=O)O)ccc1N1CCCCC1. The molecule has 1 saturated heterocycles. The van der Waals surface area contributed by atoms with Crippen molar-refractivity contribution in [2.45, 2.75) is 45.1 Å². The molecular weight excluding hydrogens is 252 g/mol. The van der Waals surface area contributed by atoms with Crippen molar-refractivity contribution in [2.75, 3.05) is 18.0 Å². The molecule has 1 unspecified atom stereocenters. The Bertz CT molecular complexity index is 468. The first-order valence-corrected chi connectivity index (χ1v) is 7.47. The quantitative estimate of drug-likeness (QED) is 0.865.